The number of anilines is 1. The molecule has 0 spiro atoms. The van der Waals surface area contributed by atoms with Gasteiger partial charge in [0.15, 0.2) is 0 Å². The number of nitrogens with zero attached hydrogens (tertiary/aromatic N) is 2. The summed E-state index contributed by atoms with van der Waals surface area (Å²) in [5, 5.41) is 2.90. The smallest absolute Gasteiger partial charge is 0.357 e. The Morgan fingerprint density at radius 1 is 1.11 bits per heavy atom. The van der Waals surface area contributed by atoms with Crippen LogP contribution in [-0.4, -0.2) is 30.5 Å². The second kappa shape index (κ2) is 8.58. The van der Waals surface area contributed by atoms with Gasteiger partial charge in [0.2, 0.25) is 5.91 Å². The Kier molecular flexibility index (Phi) is 6.16. The average Bonchev–Trinajstić information content (AvgIpc) is 2.69. The molecule has 1 saturated heterocycles. The van der Waals surface area contributed by atoms with Crippen molar-refractivity contribution in [1.29, 1.82) is 0 Å². The molecule has 0 aliphatic carbocycles. The summed E-state index contributed by atoms with van der Waals surface area (Å²) in [7, 11) is 0. The Balaban J connectivity index is 1.44. The normalized spacial score (nSPS) is 15.5. The summed E-state index contributed by atoms with van der Waals surface area (Å²) in [4.78, 5) is 18.1. The van der Waals surface area contributed by atoms with Crippen LogP contribution in [0.2, 0.25) is 0 Å². The summed E-state index contributed by atoms with van der Waals surface area (Å²) in [5.41, 5.74) is 0.177. The van der Waals surface area contributed by atoms with Crippen LogP contribution in [0.15, 0.2) is 42.6 Å². The van der Waals surface area contributed by atoms with E-state index in [2.05, 4.69) is 10.3 Å². The van der Waals surface area contributed by atoms with Gasteiger partial charge in [0.25, 0.3) is 0 Å². The molecule has 1 aromatic carbocycles. The lowest BCUT2D eigenvalue weighted by atomic mass is 9.95. The van der Waals surface area contributed by atoms with Crippen molar-refractivity contribution >= 4 is 11.7 Å². The topological polar surface area (TPSA) is 45.2 Å². The molecule has 1 fully saturated rings. The molecule has 2 aromatic rings. The van der Waals surface area contributed by atoms with Gasteiger partial charge < -0.3 is 10.2 Å². The van der Waals surface area contributed by atoms with Gasteiger partial charge in [-0.25, -0.2) is 9.37 Å². The maximum atomic E-state index is 12.9. The van der Waals surface area contributed by atoms with Gasteiger partial charge in [-0.15, -0.1) is 0 Å². The number of halogens is 4. The van der Waals surface area contributed by atoms with Gasteiger partial charge in [-0.2, -0.15) is 13.2 Å². The van der Waals surface area contributed by atoms with E-state index in [1.807, 2.05) is 4.90 Å². The van der Waals surface area contributed by atoms with Crippen LogP contribution in [0.4, 0.5) is 23.4 Å². The molecule has 0 saturated carbocycles. The van der Waals surface area contributed by atoms with E-state index in [4.69, 9.17) is 0 Å². The first-order valence-corrected chi connectivity index (χ1v) is 9.13. The van der Waals surface area contributed by atoms with Crippen molar-refractivity contribution in [2.75, 3.05) is 24.5 Å². The highest BCUT2D eigenvalue weighted by Crippen LogP contribution is 2.30. The fraction of sp³-hybridized carbons (Fsp3) is 0.400. The number of nitrogens with one attached hydrogen (secondary N) is 1. The number of alkyl halides is 3. The van der Waals surface area contributed by atoms with Crippen LogP contribution in [-0.2, 0) is 17.4 Å². The van der Waals surface area contributed by atoms with Gasteiger partial charge in [-0.3, -0.25) is 4.79 Å². The quantitative estimate of drug-likeness (QED) is 0.783. The van der Waals surface area contributed by atoms with Gasteiger partial charge in [-0.1, -0.05) is 12.1 Å². The average molecular weight is 395 g/mol. The summed E-state index contributed by atoms with van der Waals surface area (Å²) >= 11 is 0. The predicted molar refractivity (Wildman–Crippen MR) is 97.3 cm³/mol. The summed E-state index contributed by atoms with van der Waals surface area (Å²) in [6, 6.07) is 8.56. The third-order valence-corrected chi connectivity index (χ3v) is 4.89. The maximum absolute atomic E-state index is 12.9. The number of benzene rings is 1. The first-order chi connectivity index (χ1) is 13.3. The molecule has 1 aliphatic rings. The van der Waals surface area contributed by atoms with Crippen LogP contribution >= 0.6 is 0 Å². The fourth-order valence-electron chi connectivity index (χ4n) is 3.24. The highest BCUT2D eigenvalue weighted by molar-refractivity contribution is 5.79. The standard InChI is InChI=1S/C20H21F4N3O/c21-17-4-1-14(2-5-17)7-10-25-19(28)15-8-11-27(12-9-15)18-6-3-16(13-26-18)20(22,23)24/h1-6,13,15H,7-12H2,(H,25,28). The third-order valence-electron chi connectivity index (χ3n) is 4.89. The molecule has 0 atom stereocenters. The Hall–Kier alpha value is -2.64. The number of piperidine rings is 1. The predicted octanol–water partition coefficient (Wildman–Crippen LogP) is 3.81. The van der Waals surface area contributed by atoms with Crippen molar-refractivity contribution in [1.82, 2.24) is 10.3 Å². The number of rotatable bonds is 5. The molecule has 0 bridgehead atoms. The van der Waals surface area contributed by atoms with Crippen LogP contribution in [0.1, 0.15) is 24.0 Å². The van der Waals surface area contributed by atoms with Crippen molar-refractivity contribution in [3.05, 3.63) is 59.5 Å². The number of carbonyl (C=O) groups is 1. The Labute approximate surface area is 160 Å². The highest BCUT2D eigenvalue weighted by Gasteiger charge is 2.31. The van der Waals surface area contributed by atoms with E-state index < -0.39 is 11.7 Å². The zero-order chi connectivity index (χ0) is 20.1. The monoisotopic (exact) mass is 395 g/mol. The van der Waals surface area contributed by atoms with Gasteiger partial charge in [0.1, 0.15) is 11.6 Å². The lowest BCUT2D eigenvalue weighted by Gasteiger charge is -2.32. The van der Waals surface area contributed by atoms with E-state index in [0.717, 1.165) is 17.8 Å². The van der Waals surface area contributed by atoms with Crippen LogP contribution in [0.5, 0.6) is 0 Å². The summed E-state index contributed by atoms with van der Waals surface area (Å²) in [6.45, 7) is 1.61. The van der Waals surface area contributed by atoms with Crippen molar-refractivity contribution in [3.8, 4) is 0 Å². The second-order valence-electron chi connectivity index (χ2n) is 6.83. The fourth-order valence-corrected chi connectivity index (χ4v) is 3.24. The molecule has 150 valence electrons. The molecule has 28 heavy (non-hydrogen) atoms. The molecule has 4 nitrogen and oxygen atoms in total. The Morgan fingerprint density at radius 2 is 1.79 bits per heavy atom. The van der Waals surface area contributed by atoms with Crippen LogP contribution in [0, 0.1) is 11.7 Å². The highest BCUT2D eigenvalue weighted by atomic mass is 19.4. The van der Waals surface area contributed by atoms with Gasteiger partial charge in [0.05, 0.1) is 5.56 Å². The second-order valence-corrected chi connectivity index (χ2v) is 6.83. The Bertz CT molecular complexity index is 783. The van der Waals surface area contributed by atoms with Gasteiger partial charge >= 0.3 is 6.18 Å². The van der Waals surface area contributed by atoms with E-state index in [0.29, 0.717) is 44.7 Å². The lowest BCUT2D eigenvalue weighted by molar-refractivity contribution is -0.137. The first-order valence-electron chi connectivity index (χ1n) is 9.13. The summed E-state index contributed by atoms with van der Waals surface area (Å²) in [6.07, 6.45) is -1.70. The Morgan fingerprint density at radius 3 is 2.36 bits per heavy atom. The SMILES string of the molecule is O=C(NCCc1ccc(F)cc1)C1CCN(c2ccc(C(F)(F)F)cn2)CC1. The molecule has 2 heterocycles. The minimum Gasteiger partial charge on any atom is -0.357 e. The number of amides is 1. The minimum absolute atomic E-state index is 0.0258. The number of hydrogen-bond donors (Lipinski definition) is 1. The minimum atomic E-state index is -4.40. The first kappa shape index (κ1) is 20.1. The largest absolute Gasteiger partial charge is 0.417 e. The number of aromatic nitrogens is 1. The summed E-state index contributed by atoms with van der Waals surface area (Å²) < 4.78 is 50.7. The molecule has 8 heteroatoms. The van der Waals surface area contributed by atoms with Crippen molar-refractivity contribution < 1.29 is 22.4 Å². The van der Waals surface area contributed by atoms with E-state index in [9.17, 15) is 22.4 Å². The summed E-state index contributed by atoms with van der Waals surface area (Å²) in [5.74, 6) is 0.0475. The number of hydrogen-bond acceptors (Lipinski definition) is 3. The van der Waals surface area contributed by atoms with Crippen LogP contribution < -0.4 is 10.2 Å². The number of pyridine rings is 1. The molecular weight excluding hydrogens is 374 g/mol. The molecule has 3 rings (SSSR count). The third kappa shape index (κ3) is 5.21. The van der Waals surface area contributed by atoms with Crippen molar-refractivity contribution in [2.24, 2.45) is 5.92 Å². The molecule has 0 radical (unpaired) electrons. The van der Waals surface area contributed by atoms with E-state index in [-0.39, 0.29) is 17.6 Å². The van der Waals surface area contributed by atoms with E-state index >= 15 is 0 Å². The van der Waals surface area contributed by atoms with E-state index in [1.54, 1.807) is 12.1 Å². The molecule has 0 unspecified atom stereocenters. The van der Waals surface area contributed by atoms with Gasteiger partial charge in [-0.05, 0) is 49.1 Å². The molecular formula is C20H21F4N3O. The molecule has 1 N–H and O–H groups in total. The molecule has 1 aromatic heterocycles. The lowest BCUT2D eigenvalue weighted by Crippen LogP contribution is -2.41. The van der Waals surface area contributed by atoms with Crippen LogP contribution in [0.3, 0.4) is 0 Å². The zero-order valence-corrected chi connectivity index (χ0v) is 15.2. The van der Waals surface area contributed by atoms with Crippen LogP contribution in [0.25, 0.3) is 0 Å². The van der Waals surface area contributed by atoms with Crippen molar-refractivity contribution in [3.63, 3.8) is 0 Å². The maximum Gasteiger partial charge on any atom is 0.417 e. The van der Waals surface area contributed by atoms with Gasteiger partial charge in [0, 0.05) is 31.7 Å². The number of carbonyl (C=O) groups excluding carboxylic acids is 1. The zero-order valence-electron chi connectivity index (χ0n) is 15.2. The molecule has 1 amide bonds. The van der Waals surface area contributed by atoms with Crippen molar-refractivity contribution in [2.45, 2.75) is 25.4 Å². The van der Waals surface area contributed by atoms with E-state index in [1.165, 1.54) is 18.2 Å². The molecule has 1 aliphatic heterocycles.